The summed E-state index contributed by atoms with van der Waals surface area (Å²) in [5.41, 5.74) is 0. The Bertz CT molecular complexity index is 422. The van der Waals surface area contributed by atoms with E-state index in [1.165, 1.54) is 44.6 Å². The molecule has 0 aromatic heterocycles. The van der Waals surface area contributed by atoms with E-state index in [0.717, 1.165) is 12.8 Å². The van der Waals surface area contributed by atoms with Gasteiger partial charge in [0, 0.05) is 6.54 Å². The van der Waals surface area contributed by atoms with Gasteiger partial charge in [-0.3, -0.25) is 4.55 Å². The minimum Gasteiger partial charge on any atom is -0.859 e. The SMILES string of the molecule is CCCCCCCCC/C=C/C([O-])=NCCCCS(=O)(=O)O.[K+]. The predicted octanol–water partition coefficient (Wildman–Crippen LogP) is 0.114. The summed E-state index contributed by atoms with van der Waals surface area (Å²) in [5, 5.41) is 11.4. The Morgan fingerprint density at radius 2 is 1.65 bits per heavy atom. The van der Waals surface area contributed by atoms with Crippen LogP contribution >= 0.6 is 0 Å². The number of hydrogen-bond acceptors (Lipinski definition) is 4. The van der Waals surface area contributed by atoms with Crippen LogP contribution in [0.3, 0.4) is 0 Å². The Kier molecular flexibility index (Phi) is 19.9. The number of nitrogens with zero attached hydrogens (tertiary/aromatic N) is 1. The van der Waals surface area contributed by atoms with Crippen molar-refractivity contribution in [2.45, 2.75) is 71.1 Å². The van der Waals surface area contributed by atoms with Crippen molar-refractivity contribution in [3.63, 3.8) is 0 Å². The summed E-state index contributed by atoms with van der Waals surface area (Å²) in [5.74, 6) is -0.542. The van der Waals surface area contributed by atoms with Crippen LogP contribution in [0.5, 0.6) is 0 Å². The van der Waals surface area contributed by atoms with Crippen molar-refractivity contribution >= 4 is 16.0 Å². The van der Waals surface area contributed by atoms with Gasteiger partial charge in [-0.05, 0) is 31.6 Å². The van der Waals surface area contributed by atoms with E-state index in [1.54, 1.807) is 0 Å². The molecule has 0 spiro atoms. The Hall–Kier alpha value is 0.756. The normalized spacial score (nSPS) is 12.5. The molecule has 1 N–H and O–H groups in total. The van der Waals surface area contributed by atoms with Gasteiger partial charge in [-0.2, -0.15) is 8.42 Å². The van der Waals surface area contributed by atoms with Gasteiger partial charge in [-0.15, -0.1) is 0 Å². The van der Waals surface area contributed by atoms with Crippen LogP contribution in [-0.4, -0.2) is 31.2 Å². The van der Waals surface area contributed by atoms with Crippen LogP contribution in [0.15, 0.2) is 17.1 Å². The monoisotopic (exact) mass is 371 g/mol. The average Bonchev–Trinajstić information content (AvgIpc) is 2.44. The second-order valence-electron chi connectivity index (χ2n) is 5.53. The number of hydrogen-bond donors (Lipinski definition) is 1. The van der Waals surface area contributed by atoms with E-state index in [0.29, 0.717) is 19.4 Å². The molecule has 0 aliphatic heterocycles. The maximum Gasteiger partial charge on any atom is 1.00 e. The van der Waals surface area contributed by atoms with Crippen molar-refractivity contribution in [3.8, 4) is 0 Å². The molecule has 0 atom stereocenters. The van der Waals surface area contributed by atoms with Crippen molar-refractivity contribution in [1.29, 1.82) is 0 Å². The fourth-order valence-electron chi connectivity index (χ4n) is 2.04. The molecule has 0 aliphatic rings. The Labute approximate surface area is 184 Å². The van der Waals surface area contributed by atoms with Crippen LogP contribution in [0, 0.1) is 0 Å². The quantitative estimate of drug-likeness (QED) is 0.154. The summed E-state index contributed by atoms with van der Waals surface area (Å²) in [6.45, 7) is 2.51. The molecule has 0 bridgehead atoms. The second-order valence-corrected chi connectivity index (χ2v) is 7.10. The minimum absolute atomic E-state index is 0. The fourth-order valence-corrected chi connectivity index (χ4v) is 2.61. The van der Waals surface area contributed by atoms with Crippen molar-refractivity contribution in [3.05, 3.63) is 12.2 Å². The van der Waals surface area contributed by atoms with E-state index in [-0.39, 0.29) is 63.0 Å². The molecule has 0 aliphatic carbocycles. The molecule has 0 heterocycles. The van der Waals surface area contributed by atoms with Gasteiger partial charge in [0.2, 0.25) is 0 Å². The van der Waals surface area contributed by atoms with Gasteiger partial charge in [0.25, 0.3) is 10.1 Å². The first-order chi connectivity index (χ1) is 10.5. The maximum atomic E-state index is 11.4. The number of unbranched alkanes of at least 4 members (excludes halogenated alkanes) is 8. The van der Waals surface area contributed by atoms with Gasteiger partial charge >= 0.3 is 51.4 Å². The largest absolute Gasteiger partial charge is 1.00 e. The molecule has 0 aromatic rings. The third-order valence-corrected chi connectivity index (χ3v) is 4.12. The molecule has 0 amide bonds. The summed E-state index contributed by atoms with van der Waals surface area (Å²) in [7, 11) is -3.90. The zero-order valence-electron chi connectivity index (χ0n) is 14.7. The third kappa shape index (κ3) is 22.8. The van der Waals surface area contributed by atoms with E-state index in [9.17, 15) is 13.5 Å². The van der Waals surface area contributed by atoms with Gasteiger partial charge in [0.05, 0.1) is 5.75 Å². The van der Waals surface area contributed by atoms with Crippen LogP contribution in [0.1, 0.15) is 71.1 Å². The topological polar surface area (TPSA) is 89.8 Å². The number of aliphatic imine (C=N–C) groups is 1. The zero-order valence-corrected chi connectivity index (χ0v) is 18.6. The summed E-state index contributed by atoms with van der Waals surface area (Å²) in [6.07, 6.45) is 13.8. The third-order valence-electron chi connectivity index (χ3n) is 3.31. The fraction of sp³-hybridized carbons (Fsp3) is 0.812. The molecule has 5 nitrogen and oxygen atoms in total. The van der Waals surface area contributed by atoms with Crippen molar-refractivity contribution in [2.24, 2.45) is 4.99 Å². The molecule has 0 rings (SSSR count). The molecule has 0 radical (unpaired) electrons. The van der Waals surface area contributed by atoms with E-state index in [4.69, 9.17) is 4.55 Å². The molecule has 0 aromatic carbocycles. The first-order valence-corrected chi connectivity index (χ1v) is 9.90. The van der Waals surface area contributed by atoms with E-state index >= 15 is 0 Å². The molecule has 0 saturated heterocycles. The van der Waals surface area contributed by atoms with Crippen LogP contribution < -0.4 is 56.5 Å². The minimum atomic E-state index is -3.90. The second kappa shape index (κ2) is 17.6. The maximum absolute atomic E-state index is 11.4. The van der Waals surface area contributed by atoms with E-state index in [2.05, 4.69) is 11.9 Å². The van der Waals surface area contributed by atoms with Crippen molar-refractivity contribution in [1.82, 2.24) is 0 Å². The van der Waals surface area contributed by atoms with Crippen molar-refractivity contribution < 1.29 is 69.5 Å². The first kappa shape index (κ1) is 26.0. The van der Waals surface area contributed by atoms with E-state index in [1.807, 2.05) is 6.08 Å². The van der Waals surface area contributed by atoms with Crippen LogP contribution in [0.25, 0.3) is 0 Å². The predicted molar refractivity (Wildman–Crippen MR) is 89.7 cm³/mol. The number of allylic oxidation sites excluding steroid dienone is 1. The van der Waals surface area contributed by atoms with Gasteiger partial charge in [0.15, 0.2) is 0 Å². The summed E-state index contributed by atoms with van der Waals surface area (Å²) < 4.78 is 29.5. The molecule has 0 fully saturated rings. The Morgan fingerprint density at radius 3 is 2.26 bits per heavy atom. The smallest absolute Gasteiger partial charge is 0.859 e. The molecule has 7 heteroatoms. The van der Waals surface area contributed by atoms with Gasteiger partial charge in [-0.1, -0.05) is 57.6 Å². The number of rotatable bonds is 14. The first-order valence-electron chi connectivity index (χ1n) is 8.29. The molecule has 0 saturated carbocycles. The van der Waals surface area contributed by atoms with Crippen LogP contribution in [-0.2, 0) is 10.1 Å². The summed E-state index contributed by atoms with van der Waals surface area (Å²) >= 11 is 0. The molecular formula is C16H30KNO4S. The van der Waals surface area contributed by atoms with Gasteiger partial charge in [-0.25, -0.2) is 0 Å². The Morgan fingerprint density at radius 1 is 1.04 bits per heavy atom. The van der Waals surface area contributed by atoms with Crippen LogP contribution in [0.4, 0.5) is 0 Å². The standard InChI is InChI=1S/C16H31NO4S.K/c1-2-3-4-5-6-7-8-9-10-13-16(18)17-14-11-12-15-22(19,20)21;/h10,13H,2-9,11-12,14-15H2,1H3,(H,17,18)(H,19,20,21);/q;+1/p-1/b13-10+;. The summed E-state index contributed by atoms with van der Waals surface area (Å²) in [6, 6.07) is 0. The van der Waals surface area contributed by atoms with E-state index < -0.39 is 10.1 Å². The molecule has 23 heavy (non-hydrogen) atoms. The Balaban J connectivity index is 0. The average molecular weight is 372 g/mol. The summed E-state index contributed by atoms with van der Waals surface area (Å²) in [4.78, 5) is 3.81. The molecular weight excluding hydrogens is 341 g/mol. The molecule has 130 valence electrons. The van der Waals surface area contributed by atoms with Crippen LogP contribution in [0.2, 0.25) is 0 Å². The van der Waals surface area contributed by atoms with Crippen molar-refractivity contribution in [2.75, 3.05) is 12.3 Å². The van der Waals surface area contributed by atoms with Gasteiger partial charge < -0.3 is 10.1 Å². The zero-order chi connectivity index (χ0) is 16.7. The van der Waals surface area contributed by atoms with Gasteiger partial charge in [0.1, 0.15) is 0 Å². The molecule has 0 unspecified atom stereocenters.